The van der Waals surface area contributed by atoms with Crippen molar-refractivity contribution in [2.24, 2.45) is 5.73 Å². The maximum absolute atomic E-state index is 11.8. The van der Waals surface area contributed by atoms with Crippen molar-refractivity contribution in [2.75, 3.05) is 32.5 Å². The highest BCUT2D eigenvalue weighted by Crippen LogP contribution is 2.25. The number of anilines is 1. The lowest BCUT2D eigenvalue weighted by atomic mass is 10.1. The first-order valence-electron chi connectivity index (χ1n) is 5.91. The molecule has 104 valence electrons. The molecule has 7 heteroatoms. The first-order chi connectivity index (χ1) is 8.97. The van der Waals surface area contributed by atoms with Gasteiger partial charge in [0.2, 0.25) is 0 Å². The van der Waals surface area contributed by atoms with E-state index in [0.717, 1.165) is 0 Å². The maximum Gasteiger partial charge on any atom is 0.292 e. The highest BCUT2D eigenvalue weighted by atomic mass is 16.6. The molecule has 0 aliphatic heterocycles. The zero-order valence-corrected chi connectivity index (χ0v) is 11.0. The van der Waals surface area contributed by atoms with Gasteiger partial charge < -0.3 is 16.0 Å². The lowest BCUT2D eigenvalue weighted by molar-refractivity contribution is -0.384. The van der Waals surface area contributed by atoms with Gasteiger partial charge in [0.1, 0.15) is 5.69 Å². The van der Waals surface area contributed by atoms with Gasteiger partial charge in [0.25, 0.3) is 11.6 Å². The van der Waals surface area contributed by atoms with Crippen LogP contribution in [0.25, 0.3) is 0 Å². The van der Waals surface area contributed by atoms with Crippen LogP contribution in [0, 0.1) is 10.1 Å². The molecule has 1 amide bonds. The third-order valence-corrected chi connectivity index (χ3v) is 2.54. The molecule has 0 saturated carbocycles. The van der Waals surface area contributed by atoms with Crippen LogP contribution in [0.5, 0.6) is 0 Å². The minimum absolute atomic E-state index is 0.0488. The molecular formula is C12H18N4O3. The largest absolute Gasteiger partial charge is 0.379 e. The second-order valence-corrected chi connectivity index (χ2v) is 4.26. The molecule has 1 aromatic rings. The summed E-state index contributed by atoms with van der Waals surface area (Å²) in [6.07, 6.45) is 0.697. The molecule has 0 bridgehead atoms. The molecule has 3 N–H and O–H groups in total. The van der Waals surface area contributed by atoms with Gasteiger partial charge in [-0.15, -0.1) is 0 Å². The molecule has 0 atom stereocenters. The lowest BCUT2D eigenvalue weighted by Gasteiger charge is -2.12. The van der Waals surface area contributed by atoms with Crippen molar-refractivity contribution < 1.29 is 9.72 Å². The second kappa shape index (κ2) is 6.69. The van der Waals surface area contributed by atoms with Crippen molar-refractivity contribution in [3.63, 3.8) is 0 Å². The van der Waals surface area contributed by atoms with E-state index in [-0.39, 0.29) is 11.6 Å². The van der Waals surface area contributed by atoms with Crippen molar-refractivity contribution >= 4 is 17.3 Å². The summed E-state index contributed by atoms with van der Waals surface area (Å²) < 4.78 is 0. The van der Waals surface area contributed by atoms with Crippen molar-refractivity contribution in [1.82, 2.24) is 4.90 Å². The third-order valence-electron chi connectivity index (χ3n) is 2.54. The van der Waals surface area contributed by atoms with E-state index in [1.807, 2.05) is 0 Å². The van der Waals surface area contributed by atoms with E-state index in [9.17, 15) is 14.9 Å². The maximum atomic E-state index is 11.8. The van der Waals surface area contributed by atoms with Gasteiger partial charge in [-0.3, -0.25) is 14.9 Å². The molecule has 0 radical (unpaired) electrons. The molecule has 1 rings (SSSR count). The molecule has 0 fully saturated rings. The highest BCUT2D eigenvalue weighted by Gasteiger charge is 2.17. The molecule has 0 saturated heterocycles. The number of carbonyl (C=O) groups excluding carboxylic acids is 1. The van der Waals surface area contributed by atoms with E-state index in [4.69, 9.17) is 5.73 Å². The summed E-state index contributed by atoms with van der Waals surface area (Å²) in [6, 6.07) is 4.28. The molecule has 0 heterocycles. The van der Waals surface area contributed by atoms with Crippen LogP contribution in [0.3, 0.4) is 0 Å². The average molecular weight is 266 g/mol. The van der Waals surface area contributed by atoms with E-state index in [2.05, 4.69) is 5.32 Å². The fraction of sp³-hybridized carbons (Fsp3) is 0.417. The SMILES string of the molecule is CN(C)C(=O)c1ccc([N+](=O)[O-])c(NCCCN)c1. The predicted octanol–water partition coefficient (Wildman–Crippen LogP) is 1.06. The Kier molecular flexibility index (Phi) is 5.25. The zero-order valence-electron chi connectivity index (χ0n) is 11.0. The van der Waals surface area contributed by atoms with Crippen LogP contribution < -0.4 is 11.1 Å². The topological polar surface area (TPSA) is 102 Å². The minimum atomic E-state index is -0.477. The number of rotatable bonds is 6. The molecule has 0 aromatic heterocycles. The summed E-state index contributed by atoms with van der Waals surface area (Å²) in [4.78, 5) is 23.7. The van der Waals surface area contributed by atoms with Crippen LogP contribution in [-0.4, -0.2) is 42.9 Å². The molecule has 19 heavy (non-hydrogen) atoms. The molecule has 1 aromatic carbocycles. The molecule has 0 spiro atoms. The normalized spacial score (nSPS) is 10.1. The van der Waals surface area contributed by atoms with Crippen LogP contribution in [-0.2, 0) is 0 Å². The summed E-state index contributed by atoms with van der Waals surface area (Å²) >= 11 is 0. The van der Waals surface area contributed by atoms with Crippen LogP contribution in [0.15, 0.2) is 18.2 Å². The van der Waals surface area contributed by atoms with Crippen LogP contribution in [0.2, 0.25) is 0 Å². The van der Waals surface area contributed by atoms with Gasteiger partial charge >= 0.3 is 0 Å². The van der Waals surface area contributed by atoms with E-state index >= 15 is 0 Å². The van der Waals surface area contributed by atoms with E-state index in [1.54, 1.807) is 14.1 Å². The fourth-order valence-electron chi connectivity index (χ4n) is 1.55. The third kappa shape index (κ3) is 3.92. The minimum Gasteiger partial charge on any atom is -0.379 e. The number of nitro benzene ring substituents is 1. The Morgan fingerprint density at radius 1 is 1.47 bits per heavy atom. The molecule has 0 aliphatic rings. The monoisotopic (exact) mass is 266 g/mol. The summed E-state index contributed by atoms with van der Waals surface area (Å²) in [6.45, 7) is 1.02. The van der Waals surface area contributed by atoms with Gasteiger partial charge in [-0.1, -0.05) is 0 Å². The first-order valence-corrected chi connectivity index (χ1v) is 5.91. The van der Waals surface area contributed by atoms with Crippen molar-refractivity contribution in [3.8, 4) is 0 Å². The van der Waals surface area contributed by atoms with Crippen LogP contribution in [0.1, 0.15) is 16.8 Å². The number of benzene rings is 1. The Balaban J connectivity index is 3.03. The highest BCUT2D eigenvalue weighted by molar-refractivity contribution is 5.95. The first kappa shape index (κ1) is 14.9. The number of hydrogen-bond acceptors (Lipinski definition) is 5. The molecule has 0 aliphatic carbocycles. The number of nitrogens with two attached hydrogens (primary N) is 1. The number of amides is 1. The molecule has 7 nitrogen and oxygen atoms in total. The van der Waals surface area contributed by atoms with Gasteiger partial charge in [-0.25, -0.2) is 0 Å². The number of carbonyl (C=O) groups is 1. The predicted molar refractivity (Wildman–Crippen MR) is 73.3 cm³/mol. The fourth-order valence-corrected chi connectivity index (χ4v) is 1.55. The van der Waals surface area contributed by atoms with Crippen LogP contribution >= 0.6 is 0 Å². The quantitative estimate of drug-likeness (QED) is 0.455. The zero-order chi connectivity index (χ0) is 14.4. The van der Waals surface area contributed by atoms with Gasteiger partial charge in [0, 0.05) is 32.3 Å². The Hall–Kier alpha value is -2.15. The Bertz CT molecular complexity index is 474. The van der Waals surface area contributed by atoms with Crippen molar-refractivity contribution in [2.45, 2.75) is 6.42 Å². The van der Waals surface area contributed by atoms with Gasteiger partial charge in [0.15, 0.2) is 0 Å². The van der Waals surface area contributed by atoms with E-state index in [1.165, 1.54) is 23.1 Å². The van der Waals surface area contributed by atoms with Gasteiger partial charge in [0.05, 0.1) is 4.92 Å². The Morgan fingerprint density at radius 2 is 2.16 bits per heavy atom. The van der Waals surface area contributed by atoms with Gasteiger partial charge in [-0.2, -0.15) is 0 Å². The Labute approximate surface area is 111 Å². The van der Waals surface area contributed by atoms with E-state index in [0.29, 0.717) is 30.8 Å². The summed E-state index contributed by atoms with van der Waals surface area (Å²) in [5.41, 5.74) is 6.07. The molecular weight excluding hydrogens is 248 g/mol. The van der Waals surface area contributed by atoms with E-state index < -0.39 is 4.92 Å². The van der Waals surface area contributed by atoms with Crippen LogP contribution in [0.4, 0.5) is 11.4 Å². The second-order valence-electron chi connectivity index (χ2n) is 4.26. The number of nitro groups is 1. The average Bonchev–Trinajstić information content (AvgIpc) is 2.37. The van der Waals surface area contributed by atoms with Crippen molar-refractivity contribution in [3.05, 3.63) is 33.9 Å². The number of nitrogens with zero attached hydrogens (tertiary/aromatic N) is 2. The summed E-state index contributed by atoms with van der Waals surface area (Å²) in [5, 5.41) is 13.9. The van der Waals surface area contributed by atoms with Crippen molar-refractivity contribution in [1.29, 1.82) is 0 Å². The number of nitrogens with one attached hydrogen (secondary N) is 1. The van der Waals surface area contributed by atoms with Gasteiger partial charge in [-0.05, 0) is 25.1 Å². The summed E-state index contributed by atoms with van der Waals surface area (Å²) in [5.74, 6) is -0.197. The number of hydrogen-bond donors (Lipinski definition) is 2. The molecule has 0 unspecified atom stereocenters. The summed E-state index contributed by atoms with van der Waals surface area (Å²) in [7, 11) is 3.26. The standard InChI is InChI=1S/C12H18N4O3/c1-15(2)12(17)9-4-5-11(16(18)19)10(8-9)14-7-3-6-13/h4-5,8,14H,3,6-7,13H2,1-2H3. The smallest absolute Gasteiger partial charge is 0.292 e. The Morgan fingerprint density at radius 3 is 2.68 bits per heavy atom. The lowest BCUT2D eigenvalue weighted by Crippen LogP contribution is -2.22.